The van der Waals surface area contributed by atoms with Crippen LogP contribution < -0.4 is 15.4 Å². The molecule has 3 aromatic rings. The number of nitrogens with one attached hydrogen (secondary N) is 2. The molecular formula is C27H23F3N2O2. The van der Waals surface area contributed by atoms with Gasteiger partial charge in [0.05, 0.1) is 30.1 Å². The predicted octanol–water partition coefficient (Wildman–Crippen LogP) is 6.69. The van der Waals surface area contributed by atoms with Gasteiger partial charge in [-0.15, -0.1) is 0 Å². The highest BCUT2D eigenvalue weighted by Gasteiger charge is 2.37. The molecule has 0 aromatic heterocycles. The van der Waals surface area contributed by atoms with Crippen LogP contribution in [0.25, 0.3) is 0 Å². The summed E-state index contributed by atoms with van der Waals surface area (Å²) in [7, 11) is 1.60. The highest BCUT2D eigenvalue weighted by atomic mass is 19.4. The highest BCUT2D eigenvalue weighted by Crippen LogP contribution is 2.45. The number of carbonyl (C=O) groups is 1. The van der Waals surface area contributed by atoms with Crippen molar-refractivity contribution < 1.29 is 22.7 Å². The smallest absolute Gasteiger partial charge is 0.416 e. The van der Waals surface area contributed by atoms with E-state index in [2.05, 4.69) is 10.6 Å². The molecule has 7 heteroatoms. The van der Waals surface area contributed by atoms with Gasteiger partial charge in [0.25, 0.3) is 0 Å². The Morgan fingerprint density at radius 1 is 0.882 bits per heavy atom. The second kappa shape index (κ2) is 8.56. The molecule has 174 valence electrons. The first-order chi connectivity index (χ1) is 16.3. The molecule has 0 spiro atoms. The van der Waals surface area contributed by atoms with Crippen LogP contribution in [0.5, 0.6) is 5.75 Å². The minimum absolute atomic E-state index is 0.0444. The number of halogens is 3. The summed E-state index contributed by atoms with van der Waals surface area (Å²) >= 11 is 0. The minimum Gasteiger partial charge on any atom is -0.497 e. The van der Waals surface area contributed by atoms with Gasteiger partial charge in [-0.2, -0.15) is 13.2 Å². The van der Waals surface area contributed by atoms with Gasteiger partial charge in [0, 0.05) is 17.7 Å². The Hall–Kier alpha value is -3.74. The number of para-hydroxylation sites is 2. The molecule has 0 bridgehead atoms. The van der Waals surface area contributed by atoms with Gasteiger partial charge in [-0.25, -0.2) is 0 Å². The van der Waals surface area contributed by atoms with Crippen molar-refractivity contribution in [2.24, 2.45) is 0 Å². The van der Waals surface area contributed by atoms with E-state index < -0.39 is 17.8 Å². The first-order valence-corrected chi connectivity index (χ1v) is 11.0. The third-order valence-electron chi connectivity index (χ3n) is 6.44. The maximum atomic E-state index is 13.5. The molecule has 5 rings (SSSR count). The fourth-order valence-electron chi connectivity index (χ4n) is 4.75. The molecule has 2 aliphatic rings. The summed E-state index contributed by atoms with van der Waals surface area (Å²) in [6.45, 7) is 0. The Labute approximate surface area is 195 Å². The fraction of sp³-hybridized carbons (Fsp3) is 0.222. The molecule has 0 amide bonds. The molecule has 4 nitrogen and oxygen atoms in total. The lowest BCUT2D eigenvalue weighted by atomic mass is 9.78. The zero-order chi connectivity index (χ0) is 23.9. The van der Waals surface area contributed by atoms with Gasteiger partial charge >= 0.3 is 6.18 Å². The van der Waals surface area contributed by atoms with Gasteiger partial charge in [0.1, 0.15) is 5.75 Å². The number of hydrogen-bond acceptors (Lipinski definition) is 4. The molecule has 0 radical (unpaired) electrons. The fourth-order valence-corrected chi connectivity index (χ4v) is 4.75. The van der Waals surface area contributed by atoms with Crippen molar-refractivity contribution in [2.75, 3.05) is 17.7 Å². The normalized spacial score (nSPS) is 19.9. The van der Waals surface area contributed by atoms with E-state index in [1.165, 1.54) is 6.07 Å². The highest BCUT2D eigenvalue weighted by molar-refractivity contribution is 6.01. The van der Waals surface area contributed by atoms with Crippen LogP contribution in [0.1, 0.15) is 41.5 Å². The molecule has 2 atom stereocenters. The Morgan fingerprint density at radius 3 is 2.32 bits per heavy atom. The van der Waals surface area contributed by atoms with Gasteiger partial charge in [0.2, 0.25) is 0 Å². The molecule has 1 aliphatic carbocycles. The summed E-state index contributed by atoms with van der Waals surface area (Å²) in [6, 6.07) is 19.6. The van der Waals surface area contributed by atoms with Crippen LogP contribution in [0.2, 0.25) is 0 Å². The average Bonchev–Trinajstić information content (AvgIpc) is 3.00. The topological polar surface area (TPSA) is 50.4 Å². The molecule has 0 saturated carbocycles. The van der Waals surface area contributed by atoms with Crippen LogP contribution in [-0.4, -0.2) is 12.9 Å². The van der Waals surface area contributed by atoms with E-state index in [9.17, 15) is 18.0 Å². The third kappa shape index (κ3) is 4.14. The van der Waals surface area contributed by atoms with Crippen LogP contribution >= 0.6 is 0 Å². The monoisotopic (exact) mass is 464 g/mol. The van der Waals surface area contributed by atoms with Crippen LogP contribution in [0.15, 0.2) is 84.1 Å². The quantitative estimate of drug-likeness (QED) is 0.453. The van der Waals surface area contributed by atoms with Crippen LogP contribution in [0, 0.1) is 0 Å². The van der Waals surface area contributed by atoms with Gasteiger partial charge < -0.3 is 15.4 Å². The number of carbonyl (C=O) groups excluding carboxylic acids is 1. The van der Waals surface area contributed by atoms with Crippen molar-refractivity contribution in [3.63, 3.8) is 0 Å². The van der Waals surface area contributed by atoms with Crippen molar-refractivity contribution in [2.45, 2.75) is 31.0 Å². The maximum absolute atomic E-state index is 13.5. The van der Waals surface area contributed by atoms with Crippen molar-refractivity contribution in [3.8, 4) is 5.75 Å². The van der Waals surface area contributed by atoms with E-state index in [1.807, 2.05) is 48.5 Å². The number of hydrogen-bond donors (Lipinski definition) is 2. The number of alkyl halides is 3. The standard InChI is InChI=1S/C27H23F3N2O2/c1-34-20-11-9-16(10-12-20)18-14-23-25(24(33)15-18)26(32-22-8-3-2-7-21(22)31-23)17-5-4-6-19(13-17)27(28,29)30/h2-13,18,26,31-32H,14-15H2,1H3/t18-,26-/m0/s1. The summed E-state index contributed by atoms with van der Waals surface area (Å²) < 4.78 is 45.5. The summed E-state index contributed by atoms with van der Waals surface area (Å²) in [6.07, 6.45) is -3.62. The lowest BCUT2D eigenvalue weighted by Gasteiger charge is -2.30. The molecule has 2 N–H and O–H groups in total. The Bertz CT molecular complexity index is 1270. The van der Waals surface area contributed by atoms with Crippen molar-refractivity contribution >= 4 is 17.2 Å². The van der Waals surface area contributed by atoms with Gasteiger partial charge in [-0.3, -0.25) is 4.79 Å². The number of fused-ring (bicyclic) bond motifs is 1. The first kappa shape index (κ1) is 22.1. The van der Waals surface area contributed by atoms with Crippen LogP contribution in [0.4, 0.5) is 24.5 Å². The number of methoxy groups -OCH3 is 1. The number of ketones is 1. The van der Waals surface area contributed by atoms with Crippen molar-refractivity contribution in [1.82, 2.24) is 0 Å². The van der Waals surface area contributed by atoms with E-state index in [0.717, 1.165) is 40.5 Å². The SMILES string of the molecule is COc1ccc([C@@H]2CC(=O)C3=C(C2)Nc2ccccc2N[C@H]3c2cccc(C(F)(F)F)c2)cc1. The number of anilines is 2. The summed E-state index contributed by atoms with van der Waals surface area (Å²) in [4.78, 5) is 13.5. The lowest BCUT2D eigenvalue weighted by Crippen LogP contribution is -2.27. The minimum atomic E-state index is -4.47. The van der Waals surface area contributed by atoms with Crippen molar-refractivity contribution in [1.29, 1.82) is 0 Å². The molecule has 1 heterocycles. The first-order valence-electron chi connectivity index (χ1n) is 11.0. The maximum Gasteiger partial charge on any atom is 0.416 e. The second-order valence-electron chi connectivity index (χ2n) is 8.56. The van der Waals surface area contributed by atoms with Gasteiger partial charge in [-0.1, -0.05) is 36.4 Å². The zero-order valence-electron chi connectivity index (χ0n) is 18.4. The molecule has 0 fully saturated rings. The Morgan fingerprint density at radius 2 is 1.62 bits per heavy atom. The molecule has 34 heavy (non-hydrogen) atoms. The zero-order valence-corrected chi connectivity index (χ0v) is 18.4. The van der Waals surface area contributed by atoms with E-state index >= 15 is 0 Å². The molecule has 1 aliphatic heterocycles. The Balaban J connectivity index is 1.59. The van der Waals surface area contributed by atoms with Crippen LogP contribution in [-0.2, 0) is 11.0 Å². The summed E-state index contributed by atoms with van der Waals surface area (Å²) in [5.74, 6) is 0.607. The molecular weight excluding hydrogens is 441 g/mol. The van der Waals surface area contributed by atoms with Gasteiger partial charge in [0.15, 0.2) is 5.78 Å². The van der Waals surface area contributed by atoms with Crippen molar-refractivity contribution in [3.05, 3.63) is 101 Å². The predicted molar refractivity (Wildman–Crippen MR) is 125 cm³/mol. The molecule has 0 unspecified atom stereocenters. The molecule has 3 aromatic carbocycles. The van der Waals surface area contributed by atoms with Gasteiger partial charge in [-0.05, 0) is 59.9 Å². The second-order valence-corrected chi connectivity index (χ2v) is 8.56. The summed E-state index contributed by atoms with van der Waals surface area (Å²) in [5, 5.41) is 6.74. The lowest BCUT2D eigenvalue weighted by molar-refractivity contribution is -0.137. The number of ether oxygens (including phenoxy) is 1. The average molecular weight is 464 g/mol. The van der Waals surface area contributed by atoms with E-state index in [1.54, 1.807) is 13.2 Å². The van der Waals surface area contributed by atoms with Crippen LogP contribution in [0.3, 0.4) is 0 Å². The largest absolute Gasteiger partial charge is 0.497 e. The number of Topliss-reactive ketones (excluding diaryl/α,β-unsaturated/α-hetero) is 1. The third-order valence-corrected chi connectivity index (χ3v) is 6.44. The van der Waals surface area contributed by atoms with E-state index in [0.29, 0.717) is 17.6 Å². The summed E-state index contributed by atoms with van der Waals surface area (Å²) in [5.41, 5.74) is 3.41. The number of benzene rings is 3. The van der Waals surface area contributed by atoms with E-state index in [-0.39, 0.29) is 18.1 Å². The number of rotatable bonds is 3. The van der Waals surface area contributed by atoms with E-state index in [4.69, 9.17) is 4.74 Å². The number of allylic oxidation sites excluding steroid dienone is 1. The molecule has 0 saturated heterocycles. The Kier molecular flexibility index (Phi) is 5.55.